The number of nitrogens with one attached hydrogen (secondary N) is 1. The van der Waals surface area contributed by atoms with Gasteiger partial charge in [0.15, 0.2) is 0 Å². The molecule has 1 aromatic carbocycles. The molecule has 1 aliphatic carbocycles. The number of nitrogen functional groups attached to an aromatic ring is 1. The quantitative estimate of drug-likeness (QED) is 0.835. The minimum atomic E-state index is -0.0138. The van der Waals surface area contributed by atoms with Crippen LogP contribution in [0.1, 0.15) is 19.3 Å². The number of amides is 1. The maximum atomic E-state index is 12.1. The Balaban J connectivity index is 1.61. The van der Waals surface area contributed by atoms with Crippen molar-refractivity contribution in [3.05, 3.63) is 23.2 Å². The van der Waals surface area contributed by atoms with Crippen LogP contribution in [0.2, 0.25) is 5.02 Å². The van der Waals surface area contributed by atoms with Crippen LogP contribution in [0, 0.1) is 5.92 Å². The molecule has 0 aromatic heterocycles. The lowest BCUT2D eigenvalue weighted by molar-refractivity contribution is -0.117. The third-order valence-electron chi connectivity index (χ3n) is 4.13. The Morgan fingerprint density at radius 3 is 3.00 bits per heavy atom. The molecule has 102 valence electrons. The Labute approximate surface area is 117 Å². The zero-order chi connectivity index (χ0) is 13.4. The number of likely N-dealkylation sites (tertiary alicyclic amines) is 1. The van der Waals surface area contributed by atoms with Crippen molar-refractivity contribution in [2.24, 2.45) is 5.92 Å². The standard InChI is InChI=1S/C14H18ClN3O/c15-12-4-2-10(16)6-13(12)17-14(19)8-18-7-9-1-3-11(18)5-9/h2,4,6,9,11H,1,3,5,7-8,16H2,(H,17,19). The number of nitrogens with zero attached hydrogens (tertiary/aromatic N) is 1. The molecule has 3 N–H and O–H groups in total. The molecule has 0 radical (unpaired) electrons. The molecule has 1 saturated carbocycles. The molecule has 2 atom stereocenters. The second-order valence-corrected chi connectivity index (χ2v) is 5.96. The van der Waals surface area contributed by atoms with E-state index in [1.807, 2.05) is 0 Å². The van der Waals surface area contributed by atoms with Crippen LogP contribution in [0.25, 0.3) is 0 Å². The number of nitrogens with two attached hydrogens (primary N) is 1. The summed E-state index contributed by atoms with van der Waals surface area (Å²) in [5, 5.41) is 3.36. The fourth-order valence-electron chi connectivity index (χ4n) is 3.23. The molecule has 19 heavy (non-hydrogen) atoms. The molecule has 4 nitrogen and oxygen atoms in total. The summed E-state index contributed by atoms with van der Waals surface area (Å²) in [6.07, 6.45) is 3.81. The van der Waals surface area contributed by atoms with Crippen LogP contribution < -0.4 is 11.1 Å². The maximum Gasteiger partial charge on any atom is 0.238 e. The van der Waals surface area contributed by atoms with E-state index >= 15 is 0 Å². The fourth-order valence-corrected chi connectivity index (χ4v) is 3.40. The maximum absolute atomic E-state index is 12.1. The number of benzene rings is 1. The van der Waals surface area contributed by atoms with Crippen molar-refractivity contribution >= 4 is 28.9 Å². The number of piperidine rings is 1. The third kappa shape index (κ3) is 2.69. The first kappa shape index (κ1) is 12.8. The smallest absolute Gasteiger partial charge is 0.238 e. The molecular formula is C14H18ClN3O. The lowest BCUT2D eigenvalue weighted by atomic mass is 10.1. The van der Waals surface area contributed by atoms with E-state index in [1.54, 1.807) is 18.2 Å². The summed E-state index contributed by atoms with van der Waals surface area (Å²) in [5.74, 6) is 0.786. The number of fused-ring (bicyclic) bond motifs is 2. The summed E-state index contributed by atoms with van der Waals surface area (Å²) >= 11 is 6.04. The first-order valence-electron chi connectivity index (χ1n) is 6.71. The van der Waals surface area contributed by atoms with Crippen molar-refractivity contribution in [1.82, 2.24) is 4.90 Å². The van der Waals surface area contributed by atoms with Gasteiger partial charge >= 0.3 is 0 Å². The average Bonchev–Trinajstić information content (AvgIpc) is 2.96. The Bertz CT molecular complexity index is 505. The van der Waals surface area contributed by atoms with Gasteiger partial charge in [-0.25, -0.2) is 0 Å². The summed E-state index contributed by atoms with van der Waals surface area (Å²) in [7, 11) is 0. The number of carbonyl (C=O) groups is 1. The minimum Gasteiger partial charge on any atom is -0.399 e. The van der Waals surface area contributed by atoms with Gasteiger partial charge in [-0.2, -0.15) is 0 Å². The van der Waals surface area contributed by atoms with Gasteiger partial charge in [0.05, 0.1) is 17.3 Å². The fraction of sp³-hybridized carbons (Fsp3) is 0.500. The lowest BCUT2D eigenvalue weighted by Crippen LogP contribution is -2.38. The molecule has 1 aromatic rings. The van der Waals surface area contributed by atoms with Crippen LogP contribution in [-0.4, -0.2) is 29.9 Å². The molecule has 3 rings (SSSR count). The van der Waals surface area contributed by atoms with Crippen molar-refractivity contribution in [3.63, 3.8) is 0 Å². The van der Waals surface area contributed by atoms with Gasteiger partial charge in [0.1, 0.15) is 0 Å². The van der Waals surface area contributed by atoms with Gasteiger partial charge in [-0.15, -0.1) is 0 Å². The average molecular weight is 280 g/mol. The van der Waals surface area contributed by atoms with Crippen LogP contribution >= 0.6 is 11.6 Å². The van der Waals surface area contributed by atoms with Gasteiger partial charge in [-0.3, -0.25) is 9.69 Å². The van der Waals surface area contributed by atoms with Gasteiger partial charge in [-0.1, -0.05) is 11.6 Å². The van der Waals surface area contributed by atoms with Gasteiger partial charge < -0.3 is 11.1 Å². The van der Waals surface area contributed by atoms with Crippen LogP contribution in [0.5, 0.6) is 0 Å². The molecule has 2 aliphatic rings. The molecule has 1 heterocycles. The van der Waals surface area contributed by atoms with E-state index in [0.717, 1.165) is 12.5 Å². The number of carbonyl (C=O) groups excluding carboxylic acids is 1. The molecule has 2 fully saturated rings. The molecule has 5 heteroatoms. The number of hydrogen-bond donors (Lipinski definition) is 2. The minimum absolute atomic E-state index is 0.0138. The largest absolute Gasteiger partial charge is 0.399 e. The summed E-state index contributed by atoms with van der Waals surface area (Å²) in [4.78, 5) is 14.3. The topological polar surface area (TPSA) is 58.4 Å². The highest BCUT2D eigenvalue weighted by Gasteiger charge is 2.38. The summed E-state index contributed by atoms with van der Waals surface area (Å²) in [5.41, 5.74) is 6.89. The van der Waals surface area contributed by atoms with Gasteiger partial charge in [0.2, 0.25) is 5.91 Å². The predicted molar refractivity (Wildman–Crippen MR) is 77.2 cm³/mol. The second kappa shape index (κ2) is 5.02. The van der Waals surface area contributed by atoms with Crippen molar-refractivity contribution in [2.45, 2.75) is 25.3 Å². The monoisotopic (exact) mass is 279 g/mol. The Morgan fingerprint density at radius 1 is 1.47 bits per heavy atom. The molecule has 2 bridgehead atoms. The van der Waals surface area contributed by atoms with Crippen molar-refractivity contribution in [1.29, 1.82) is 0 Å². The van der Waals surface area contributed by atoms with E-state index in [-0.39, 0.29) is 5.91 Å². The molecule has 1 aliphatic heterocycles. The first-order chi connectivity index (χ1) is 9.11. The van der Waals surface area contributed by atoms with Crippen LogP contribution in [0.15, 0.2) is 18.2 Å². The third-order valence-corrected chi connectivity index (χ3v) is 4.46. The van der Waals surface area contributed by atoms with E-state index in [9.17, 15) is 4.79 Å². The predicted octanol–water partition coefficient (Wildman–Crippen LogP) is 2.35. The van der Waals surface area contributed by atoms with E-state index in [4.69, 9.17) is 17.3 Å². The summed E-state index contributed by atoms with van der Waals surface area (Å²) < 4.78 is 0. The zero-order valence-corrected chi connectivity index (χ0v) is 11.5. The van der Waals surface area contributed by atoms with Crippen LogP contribution in [0.3, 0.4) is 0 Å². The van der Waals surface area contributed by atoms with Gasteiger partial charge in [-0.05, 0) is 43.4 Å². The van der Waals surface area contributed by atoms with E-state index < -0.39 is 0 Å². The molecule has 1 amide bonds. The Hall–Kier alpha value is -1.26. The second-order valence-electron chi connectivity index (χ2n) is 5.55. The van der Waals surface area contributed by atoms with Crippen molar-refractivity contribution in [2.75, 3.05) is 24.1 Å². The first-order valence-corrected chi connectivity index (χ1v) is 7.08. The van der Waals surface area contributed by atoms with Crippen LogP contribution in [0.4, 0.5) is 11.4 Å². The molecular weight excluding hydrogens is 262 g/mol. The van der Waals surface area contributed by atoms with Gasteiger partial charge in [0.25, 0.3) is 0 Å². The summed E-state index contributed by atoms with van der Waals surface area (Å²) in [6, 6.07) is 5.71. The number of hydrogen-bond acceptors (Lipinski definition) is 3. The number of halogens is 1. The highest BCUT2D eigenvalue weighted by Crippen LogP contribution is 2.37. The van der Waals surface area contributed by atoms with E-state index in [0.29, 0.717) is 29.0 Å². The number of anilines is 2. The van der Waals surface area contributed by atoms with E-state index in [1.165, 1.54) is 19.3 Å². The van der Waals surface area contributed by atoms with Crippen molar-refractivity contribution in [3.8, 4) is 0 Å². The zero-order valence-electron chi connectivity index (χ0n) is 10.7. The molecule has 0 spiro atoms. The van der Waals surface area contributed by atoms with E-state index in [2.05, 4.69) is 10.2 Å². The highest BCUT2D eigenvalue weighted by atomic mass is 35.5. The van der Waals surface area contributed by atoms with Crippen molar-refractivity contribution < 1.29 is 4.79 Å². The molecule has 1 saturated heterocycles. The summed E-state index contributed by atoms with van der Waals surface area (Å²) in [6.45, 7) is 1.51. The van der Waals surface area contributed by atoms with Crippen LogP contribution in [-0.2, 0) is 4.79 Å². The highest BCUT2D eigenvalue weighted by molar-refractivity contribution is 6.33. The number of rotatable bonds is 3. The van der Waals surface area contributed by atoms with Gasteiger partial charge in [0, 0.05) is 18.3 Å². The normalized spacial score (nSPS) is 25.7. The lowest BCUT2D eigenvalue weighted by Gasteiger charge is -2.25. The SMILES string of the molecule is Nc1ccc(Cl)c(NC(=O)CN2CC3CCC2C3)c1. The molecule has 2 unspecified atom stereocenters. The Kier molecular flexibility index (Phi) is 3.37. The Morgan fingerprint density at radius 2 is 2.32 bits per heavy atom.